The lowest BCUT2D eigenvalue weighted by atomic mass is 9.87. The van der Waals surface area contributed by atoms with E-state index in [1.807, 2.05) is 30.3 Å². The highest BCUT2D eigenvalue weighted by Gasteiger charge is 2.29. The third-order valence-corrected chi connectivity index (χ3v) is 5.11. The van der Waals surface area contributed by atoms with Crippen LogP contribution in [-0.2, 0) is 0 Å². The zero-order valence-corrected chi connectivity index (χ0v) is 15.3. The molecule has 4 heterocycles. The number of H-pyrrole nitrogens is 1. The van der Waals surface area contributed by atoms with Crippen LogP contribution in [0.15, 0.2) is 36.5 Å². The van der Waals surface area contributed by atoms with E-state index in [1.165, 1.54) is 0 Å². The fraction of sp³-hybridized carbons (Fsp3) is 0.450. The molecule has 1 fully saturated rings. The summed E-state index contributed by atoms with van der Waals surface area (Å²) in [6.45, 7) is 6.10. The molecule has 4 rings (SSSR count). The molecule has 0 spiro atoms. The Morgan fingerprint density at radius 1 is 1.27 bits per heavy atom. The molecule has 0 unspecified atom stereocenters. The van der Waals surface area contributed by atoms with Crippen molar-refractivity contribution in [1.29, 1.82) is 0 Å². The Labute approximate surface area is 153 Å². The molecule has 3 aromatic rings. The van der Waals surface area contributed by atoms with E-state index in [0.717, 1.165) is 48.5 Å². The number of pyridine rings is 2. The van der Waals surface area contributed by atoms with E-state index in [4.69, 9.17) is 4.98 Å². The molecule has 2 N–H and O–H groups in total. The van der Waals surface area contributed by atoms with Crippen LogP contribution < -0.4 is 4.90 Å². The minimum absolute atomic E-state index is 0.209. The Morgan fingerprint density at radius 2 is 2.15 bits per heavy atom. The van der Waals surface area contributed by atoms with Gasteiger partial charge < -0.3 is 10.0 Å². The van der Waals surface area contributed by atoms with Gasteiger partial charge in [-0.15, -0.1) is 0 Å². The number of fused-ring (bicyclic) bond motifs is 1. The van der Waals surface area contributed by atoms with Crippen LogP contribution in [0, 0.1) is 11.8 Å². The summed E-state index contributed by atoms with van der Waals surface area (Å²) in [4.78, 5) is 11.4. The quantitative estimate of drug-likeness (QED) is 0.754. The predicted molar refractivity (Wildman–Crippen MR) is 103 cm³/mol. The smallest absolute Gasteiger partial charge is 0.181 e. The van der Waals surface area contributed by atoms with Crippen molar-refractivity contribution in [3.8, 4) is 11.4 Å². The first kappa shape index (κ1) is 17.0. The molecular weight excluding hydrogens is 326 g/mol. The maximum atomic E-state index is 10.3. The molecule has 26 heavy (non-hydrogen) atoms. The van der Waals surface area contributed by atoms with Crippen molar-refractivity contribution >= 4 is 16.9 Å². The second kappa shape index (κ2) is 7.03. The summed E-state index contributed by atoms with van der Waals surface area (Å²) in [7, 11) is 0. The third kappa shape index (κ3) is 3.29. The summed E-state index contributed by atoms with van der Waals surface area (Å²) >= 11 is 0. The van der Waals surface area contributed by atoms with E-state index in [-0.39, 0.29) is 6.10 Å². The van der Waals surface area contributed by atoms with Gasteiger partial charge in [0.15, 0.2) is 5.65 Å². The largest absolute Gasteiger partial charge is 0.393 e. The van der Waals surface area contributed by atoms with Crippen LogP contribution in [0.3, 0.4) is 0 Å². The first-order chi connectivity index (χ1) is 12.6. The Morgan fingerprint density at radius 3 is 3.00 bits per heavy atom. The van der Waals surface area contributed by atoms with E-state index in [1.54, 1.807) is 6.20 Å². The highest BCUT2D eigenvalue weighted by Crippen LogP contribution is 2.29. The first-order valence-corrected chi connectivity index (χ1v) is 9.31. The van der Waals surface area contributed by atoms with Crippen LogP contribution in [0.1, 0.15) is 26.7 Å². The lowest BCUT2D eigenvalue weighted by molar-refractivity contribution is 0.0764. The molecule has 0 radical (unpaired) electrons. The number of anilines is 1. The van der Waals surface area contributed by atoms with Gasteiger partial charge in [0.05, 0.1) is 17.5 Å². The first-order valence-electron chi connectivity index (χ1n) is 9.31. The summed E-state index contributed by atoms with van der Waals surface area (Å²) < 4.78 is 0. The number of hydrogen-bond donors (Lipinski definition) is 2. The topological polar surface area (TPSA) is 77.9 Å². The fourth-order valence-corrected chi connectivity index (χ4v) is 3.85. The average molecular weight is 351 g/mol. The number of aliphatic hydroxyl groups excluding tert-OH is 1. The minimum atomic E-state index is -0.209. The number of nitrogens with one attached hydrogen (secondary N) is 1. The van der Waals surface area contributed by atoms with Crippen molar-refractivity contribution in [3.05, 3.63) is 36.5 Å². The van der Waals surface area contributed by atoms with Gasteiger partial charge >= 0.3 is 0 Å². The molecule has 136 valence electrons. The van der Waals surface area contributed by atoms with E-state index < -0.39 is 0 Å². The van der Waals surface area contributed by atoms with Crippen LogP contribution in [0.25, 0.3) is 22.4 Å². The number of rotatable bonds is 4. The minimum Gasteiger partial charge on any atom is -0.393 e. The Bertz CT molecular complexity index is 891. The molecule has 6 heteroatoms. The highest BCUT2D eigenvalue weighted by atomic mass is 16.3. The van der Waals surface area contributed by atoms with Gasteiger partial charge in [-0.05, 0) is 43.0 Å². The lowest BCUT2D eigenvalue weighted by Crippen LogP contribution is -2.44. The van der Waals surface area contributed by atoms with Crippen LogP contribution in [-0.4, -0.2) is 44.5 Å². The molecular formula is C20H25N5O. The van der Waals surface area contributed by atoms with Crippen LogP contribution in [0.2, 0.25) is 0 Å². The van der Waals surface area contributed by atoms with Crippen LogP contribution in [0.4, 0.5) is 5.82 Å². The van der Waals surface area contributed by atoms with Crippen molar-refractivity contribution in [2.45, 2.75) is 32.8 Å². The molecule has 0 aromatic carbocycles. The molecule has 1 aliphatic heterocycles. The van der Waals surface area contributed by atoms with Crippen molar-refractivity contribution in [1.82, 2.24) is 20.2 Å². The van der Waals surface area contributed by atoms with E-state index in [9.17, 15) is 5.11 Å². The maximum Gasteiger partial charge on any atom is 0.181 e. The number of hydrogen-bond acceptors (Lipinski definition) is 5. The zero-order valence-electron chi connectivity index (χ0n) is 15.3. The van der Waals surface area contributed by atoms with E-state index in [0.29, 0.717) is 17.5 Å². The van der Waals surface area contributed by atoms with Gasteiger partial charge in [-0.25, -0.2) is 9.97 Å². The molecule has 1 saturated heterocycles. The molecule has 2 atom stereocenters. The summed E-state index contributed by atoms with van der Waals surface area (Å²) in [6.07, 6.45) is 3.36. The van der Waals surface area contributed by atoms with Gasteiger partial charge in [0.1, 0.15) is 5.82 Å². The van der Waals surface area contributed by atoms with Crippen molar-refractivity contribution in [3.63, 3.8) is 0 Å². The van der Waals surface area contributed by atoms with Gasteiger partial charge in [0.2, 0.25) is 0 Å². The van der Waals surface area contributed by atoms with Crippen LogP contribution in [0.5, 0.6) is 0 Å². The SMILES string of the molecule is CC(C)C[C@@H]1CN(c2cccc(-c3[nH]nc4ncccc34)n2)CC[C@@H]1O. The van der Waals surface area contributed by atoms with Crippen LogP contribution >= 0.6 is 0 Å². The molecule has 3 aromatic heterocycles. The molecule has 0 amide bonds. The van der Waals surface area contributed by atoms with Gasteiger partial charge in [-0.3, -0.25) is 5.10 Å². The number of aromatic amines is 1. The van der Waals surface area contributed by atoms with Gasteiger partial charge in [-0.2, -0.15) is 5.10 Å². The standard InChI is InChI=1S/C20H25N5O/c1-13(2)11-14-12-25(10-8-17(14)26)18-7-3-6-16(22-18)19-15-5-4-9-21-20(15)24-23-19/h3-7,9,13-14,17,26H,8,10-12H2,1-2H3,(H,21,23,24)/t14-,17+/m1/s1. The predicted octanol–water partition coefficient (Wildman–Crippen LogP) is 3.25. The lowest BCUT2D eigenvalue weighted by Gasteiger charge is -2.37. The zero-order chi connectivity index (χ0) is 18.1. The molecule has 0 aliphatic carbocycles. The highest BCUT2D eigenvalue weighted by molar-refractivity contribution is 5.89. The summed E-state index contributed by atoms with van der Waals surface area (Å²) in [6, 6.07) is 9.99. The third-order valence-electron chi connectivity index (χ3n) is 5.11. The monoisotopic (exact) mass is 351 g/mol. The molecule has 0 saturated carbocycles. The fourth-order valence-electron chi connectivity index (χ4n) is 3.85. The second-order valence-electron chi connectivity index (χ2n) is 7.55. The van der Waals surface area contributed by atoms with Gasteiger partial charge in [0.25, 0.3) is 0 Å². The summed E-state index contributed by atoms with van der Waals surface area (Å²) in [5, 5.41) is 18.7. The molecule has 6 nitrogen and oxygen atoms in total. The Balaban J connectivity index is 1.61. The molecule has 1 aliphatic rings. The molecule has 0 bridgehead atoms. The summed E-state index contributed by atoms with van der Waals surface area (Å²) in [5.41, 5.74) is 2.46. The van der Waals surface area contributed by atoms with Gasteiger partial charge in [0, 0.05) is 30.6 Å². The Hall–Kier alpha value is -2.47. The number of aromatic nitrogens is 4. The van der Waals surface area contributed by atoms with E-state index >= 15 is 0 Å². The number of nitrogens with zero attached hydrogens (tertiary/aromatic N) is 4. The second-order valence-corrected chi connectivity index (χ2v) is 7.55. The number of piperidine rings is 1. The van der Waals surface area contributed by atoms with Crippen molar-refractivity contribution < 1.29 is 5.11 Å². The van der Waals surface area contributed by atoms with Gasteiger partial charge in [-0.1, -0.05) is 19.9 Å². The summed E-state index contributed by atoms with van der Waals surface area (Å²) in [5.74, 6) is 1.83. The average Bonchev–Trinajstić information content (AvgIpc) is 3.07. The maximum absolute atomic E-state index is 10.3. The van der Waals surface area contributed by atoms with Crippen molar-refractivity contribution in [2.24, 2.45) is 11.8 Å². The van der Waals surface area contributed by atoms with Crippen molar-refractivity contribution in [2.75, 3.05) is 18.0 Å². The van der Waals surface area contributed by atoms with E-state index in [2.05, 4.69) is 33.9 Å². The number of aliphatic hydroxyl groups is 1. The normalized spacial score (nSPS) is 20.8. The Kier molecular flexibility index (Phi) is 4.59.